The van der Waals surface area contributed by atoms with Gasteiger partial charge in [0, 0.05) is 12.9 Å². The second kappa shape index (κ2) is 4.55. The van der Waals surface area contributed by atoms with Gasteiger partial charge in [0.2, 0.25) is 0 Å². The van der Waals surface area contributed by atoms with Gasteiger partial charge in [0.1, 0.15) is 5.52 Å². The number of ether oxygens (including phenoxy) is 1. The summed E-state index contributed by atoms with van der Waals surface area (Å²) in [7, 11) is 1.67. The SMILES string of the molecule is COCCSc1nc2c(N)cccc2o1. The van der Waals surface area contributed by atoms with E-state index in [1.54, 1.807) is 7.11 Å². The lowest BCUT2D eigenvalue weighted by molar-refractivity contribution is 0.218. The fourth-order valence-electron chi connectivity index (χ4n) is 1.22. The number of nitrogens with two attached hydrogens (primary N) is 1. The third-order valence-corrected chi connectivity index (χ3v) is 2.74. The molecule has 80 valence electrons. The Kier molecular flexibility index (Phi) is 3.13. The van der Waals surface area contributed by atoms with Crippen molar-refractivity contribution in [2.45, 2.75) is 5.22 Å². The number of para-hydroxylation sites is 1. The van der Waals surface area contributed by atoms with E-state index >= 15 is 0 Å². The lowest BCUT2D eigenvalue weighted by Gasteiger charge is -1.93. The van der Waals surface area contributed by atoms with E-state index in [0.29, 0.717) is 17.5 Å². The van der Waals surface area contributed by atoms with Crippen LogP contribution in [0.15, 0.2) is 27.8 Å². The first-order chi connectivity index (χ1) is 7.31. The van der Waals surface area contributed by atoms with Crippen molar-refractivity contribution in [3.05, 3.63) is 18.2 Å². The van der Waals surface area contributed by atoms with Gasteiger partial charge in [-0.15, -0.1) is 0 Å². The summed E-state index contributed by atoms with van der Waals surface area (Å²) in [6, 6.07) is 5.53. The molecule has 0 radical (unpaired) electrons. The van der Waals surface area contributed by atoms with Crippen LogP contribution in [-0.2, 0) is 4.74 Å². The van der Waals surface area contributed by atoms with E-state index < -0.39 is 0 Å². The maximum Gasteiger partial charge on any atom is 0.256 e. The zero-order valence-electron chi connectivity index (χ0n) is 8.40. The second-order valence-electron chi connectivity index (χ2n) is 3.02. The van der Waals surface area contributed by atoms with Gasteiger partial charge in [-0.3, -0.25) is 0 Å². The molecule has 0 amide bonds. The quantitative estimate of drug-likeness (QED) is 0.490. The molecule has 0 spiro atoms. The molecule has 5 heteroatoms. The average molecular weight is 224 g/mol. The van der Waals surface area contributed by atoms with E-state index in [-0.39, 0.29) is 0 Å². The van der Waals surface area contributed by atoms with Crippen molar-refractivity contribution >= 4 is 28.5 Å². The van der Waals surface area contributed by atoms with Gasteiger partial charge >= 0.3 is 0 Å². The maximum atomic E-state index is 5.77. The molecule has 0 atom stereocenters. The van der Waals surface area contributed by atoms with Crippen LogP contribution in [0.25, 0.3) is 11.1 Å². The van der Waals surface area contributed by atoms with E-state index in [0.717, 1.165) is 16.9 Å². The first-order valence-corrected chi connectivity index (χ1v) is 5.56. The Morgan fingerprint density at radius 3 is 3.13 bits per heavy atom. The van der Waals surface area contributed by atoms with Crippen LogP contribution in [0.4, 0.5) is 5.69 Å². The Morgan fingerprint density at radius 2 is 2.40 bits per heavy atom. The number of nitrogen functional groups attached to an aromatic ring is 1. The van der Waals surface area contributed by atoms with Gasteiger partial charge in [-0.1, -0.05) is 17.8 Å². The Balaban J connectivity index is 2.20. The number of oxazole rings is 1. The molecule has 0 bridgehead atoms. The van der Waals surface area contributed by atoms with E-state index in [2.05, 4.69) is 4.98 Å². The summed E-state index contributed by atoms with van der Waals surface area (Å²) < 4.78 is 10.5. The largest absolute Gasteiger partial charge is 0.431 e. The molecule has 0 aliphatic rings. The summed E-state index contributed by atoms with van der Waals surface area (Å²) in [6.07, 6.45) is 0. The summed E-state index contributed by atoms with van der Waals surface area (Å²) in [4.78, 5) is 4.30. The number of nitrogens with zero attached hydrogens (tertiary/aromatic N) is 1. The minimum absolute atomic E-state index is 0.639. The minimum atomic E-state index is 0.639. The number of methoxy groups -OCH3 is 1. The van der Waals surface area contributed by atoms with E-state index in [4.69, 9.17) is 14.9 Å². The van der Waals surface area contributed by atoms with Gasteiger partial charge in [0.15, 0.2) is 5.58 Å². The molecule has 4 nitrogen and oxygen atoms in total. The van der Waals surface area contributed by atoms with Crippen molar-refractivity contribution in [1.29, 1.82) is 0 Å². The van der Waals surface area contributed by atoms with Crippen LogP contribution in [-0.4, -0.2) is 24.5 Å². The molecule has 2 rings (SSSR count). The van der Waals surface area contributed by atoms with Crippen LogP contribution in [0.2, 0.25) is 0 Å². The Hall–Kier alpha value is -1.20. The molecule has 0 fully saturated rings. The lowest BCUT2D eigenvalue weighted by Crippen LogP contribution is -1.90. The third-order valence-electron chi connectivity index (χ3n) is 1.94. The van der Waals surface area contributed by atoms with Crippen LogP contribution in [0.3, 0.4) is 0 Å². The molecule has 15 heavy (non-hydrogen) atoms. The highest BCUT2D eigenvalue weighted by atomic mass is 32.2. The molecule has 0 aliphatic heterocycles. The number of thioether (sulfide) groups is 1. The monoisotopic (exact) mass is 224 g/mol. The lowest BCUT2D eigenvalue weighted by atomic mass is 10.3. The maximum absolute atomic E-state index is 5.77. The molecule has 1 heterocycles. The van der Waals surface area contributed by atoms with Crippen LogP contribution in [0.5, 0.6) is 0 Å². The standard InChI is InChI=1S/C10H12N2O2S/c1-13-5-6-15-10-12-9-7(11)3-2-4-8(9)14-10/h2-4H,5-6,11H2,1H3. The fraction of sp³-hybridized carbons (Fsp3) is 0.300. The highest BCUT2D eigenvalue weighted by Crippen LogP contribution is 2.26. The molecule has 2 aromatic rings. The number of anilines is 1. The molecule has 1 aromatic heterocycles. The van der Waals surface area contributed by atoms with Gasteiger partial charge in [0.25, 0.3) is 5.22 Å². The highest BCUT2D eigenvalue weighted by Gasteiger charge is 2.07. The predicted octanol–water partition coefficient (Wildman–Crippen LogP) is 2.15. The molecular weight excluding hydrogens is 212 g/mol. The zero-order valence-corrected chi connectivity index (χ0v) is 9.21. The molecule has 0 aliphatic carbocycles. The van der Waals surface area contributed by atoms with Crippen molar-refractivity contribution in [3.63, 3.8) is 0 Å². The highest BCUT2D eigenvalue weighted by molar-refractivity contribution is 7.99. The molecule has 1 aromatic carbocycles. The van der Waals surface area contributed by atoms with Crippen LogP contribution < -0.4 is 5.73 Å². The summed E-state index contributed by atoms with van der Waals surface area (Å²) in [5, 5.41) is 0.639. The molecule has 0 saturated heterocycles. The number of hydrogen-bond donors (Lipinski definition) is 1. The van der Waals surface area contributed by atoms with Crippen molar-refractivity contribution < 1.29 is 9.15 Å². The number of rotatable bonds is 4. The van der Waals surface area contributed by atoms with Crippen LogP contribution in [0, 0.1) is 0 Å². The van der Waals surface area contributed by atoms with Crippen LogP contribution >= 0.6 is 11.8 Å². The first-order valence-electron chi connectivity index (χ1n) is 4.58. The fourth-order valence-corrected chi connectivity index (χ4v) is 1.95. The van der Waals surface area contributed by atoms with Crippen molar-refractivity contribution in [2.24, 2.45) is 0 Å². The number of fused-ring (bicyclic) bond motifs is 1. The van der Waals surface area contributed by atoms with Crippen molar-refractivity contribution in [3.8, 4) is 0 Å². The van der Waals surface area contributed by atoms with E-state index in [1.807, 2.05) is 18.2 Å². The summed E-state index contributed by atoms with van der Waals surface area (Å²) in [5.74, 6) is 0.823. The predicted molar refractivity (Wildman–Crippen MR) is 61.0 cm³/mol. The molecule has 2 N–H and O–H groups in total. The number of hydrogen-bond acceptors (Lipinski definition) is 5. The second-order valence-corrected chi connectivity index (χ2v) is 4.06. The zero-order chi connectivity index (χ0) is 10.7. The van der Waals surface area contributed by atoms with Gasteiger partial charge < -0.3 is 14.9 Å². The molecular formula is C10H12N2O2S. The minimum Gasteiger partial charge on any atom is -0.431 e. The normalized spacial score (nSPS) is 11.0. The average Bonchev–Trinajstić information content (AvgIpc) is 2.63. The number of aromatic nitrogens is 1. The summed E-state index contributed by atoms with van der Waals surface area (Å²) in [5.41, 5.74) is 7.88. The van der Waals surface area contributed by atoms with E-state index in [1.165, 1.54) is 11.8 Å². The summed E-state index contributed by atoms with van der Waals surface area (Å²) >= 11 is 1.52. The molecule has 0 saturated carbocycles. The smallest absolute Gasteiger partial charge is 0.256 e. The van der Waals surface area contributed by atoms with Gasteiger partial charge in [-0.2, -0.15) is 0 Å². The Bertz CT molecular complexity index is 456. The van der Waals surface area contributed by atoms with E-state index in [9.17, 15) is 0 Å². The Labute approximate surface area is 91.8 Å². The number of benzene rings is 1. The third kappa shape index (κ3) is 2.24. The first kappa shape index (κ1) is 10.3. The van der Waals surface area contributed by atoms with Gasteiger partial charge in [-0.25, -0.2) is 4.98 Å². The summed E-state index contributed by atoms with van der Waals surface area (Å²) in [6.45, 7) is 0.679. The van der Waals surface area contributed by atoms with Gasteiger partial charge in [0.05, 0.1) is 12.3 Å². The van der Waals surface area contributed by atoms with Crippen molar-refractivity contribution in [1.82, 2.24) is 4.98 Å². The Morgan fingerprint density at radius 1 is 1.53 bits per heavy atom. The van der Waals surface area contributed by atoms with Crippen LogP contribution in [0.1, 0.15) is 0 Å². The topological polar surface area (TPSA) is 61.3 Å². The van der Waals surface area contributed by atoms with Crippen molar-refractivity contribution in [2.75, 3.05) is 25.2 Å². The van der Waals surface area contributed by atoms with Gasteiger partial charge in [-0.05, 0) is 12.1 Å². The molecule has 0 unspecified atom stereocenters.